The molecule has 0 unspecified atom stereocenters. The lowest BCUT2D eigenvalue weighted by Gasteiger charge is -2.46. The first-order chi connectivity index (χ1) is 25.4. The SMILES string of the molecule is C=CCNC(=O)[C@@H]1[C@H]2C(=O)O[C@H](c3ccccc3)[C@H](c3ccccc3)N2[C@H](c2cccc(OCCO)c2)[C@@]12C(=O)Nc1ccc(C#CCCO)cc12. The number of fused-ring (bicyclic) bond motifs is 3. The lowest BCUT2D eigenvalue weighted by molar-refractivity contribution is -0.178. The van der Waals surface area contributed by atoms with Gasteiger partial charge in [-0.1, -0.05) is 90.7 Å². The lowest BCUT2D eigenvalue weighted by atomic mass is 9.65. The number of esters is 1. The van der Waals surface area contributed by atoms with Crippen molar-refractivity contribution in [1.82, 2.24) is 10.2 Å². The minimum absolute atomic E-state index is 0.0480. The highest BCUT2D eigenvalue weighted by molar-refractivity contribution is 6.12. The molecule has 0 saturated carbocycles. The summed E-state index contributed by atoms with van der Waals surface area (Å²) in [5.74, 6) is 3.65. The number of nitrogens with one attached hydrogen (secondary N) is 2. The van der Waals surface area contributed by atoms with Crippen molar-refractivity contribution in [3.8, 4) is 17.6 Å². The van der Waals surface area contributed by atoms with Crippen LogP contribution in [0.4, 0.5) is 5.69 Å². The highest BCUT2D eigenvalue weighted by Gasteiger charge is 2.74. The number of hydrogen-bond acceptors (Lipinski definition) is 8. The van der Waals surface area contributed by atoms with E-state index in [0.717, 1.165) is 11.1 Å². The maximum Gasteiger partial charge on any atom is 0.324 e. The first-order valence-corrected chi connectivity index (χ1v) is 17.3. The van der Waals surface area contributed by atoms with Crippen molar-refractivity contribution in [2.24, 2.45) is 5.92 Å². The van der Waals surface area contributed by atoms with E-state index in [-0.39, 0.29) is 32.8 Å². The normalized spacial score (nSPS) is 24.5. The number of aliphatic hydroxyl groups excluding tert-OH is 2. The van der Waals surface area contributed by atoms with Gasteiger partial charge in [0.1, 0.15) is 29.9 Å². The molecule has 10 heteroatoms. The van der Waals surface area contributed by atoms with Crippen LogP contribution in [0.5, 0.6) is 5.75 Å². The predicted molar refractivity (Wildman–Crippen MR) is 194 cm³/mol. The second kappa shape index (κ2) is 14.9. The number of carbonyl (C=O) groups is 3. The Kier molecular flexibility index (Phi) is 9.92. The number of ether oxygens (including phenoxy) is 2. The average Bonchev–Trinajstić information content (AvgIpc) is 3.65. The fourth-order valence-corrected chi connectivity index (χ4v) is 8.11. The van der Waals surface area contributed by atoms with Crippen LogP contribution < -0.4 is 15.4 Å². The summed E-state index contributed by atoms with van der Waals surface area (Å²) in [6.07, 6.45) is 1.01. The van der Waals surface area contributed by atoms with Gasteiger partial charge in [0.2, 0.25) is 11.8 Å². The average molecular weight is 698 g/mol. The van der Waals surface area contributed by atoms with Gasteiger partial charge in [0.05, 0.1) is 31.2 Å². The summed E-state index contributed by atoms with van der Waals surface area (Å²) in [7, 11) is 0. The van der Waals surface area contributed by atoms with E-state index in [1.54, 1.807) is 42.5 Å². The molecule has 2 saturated heterocycles. The molecule has 3 heterocycles. The Hall–Kier alpha value is -5.73. The molecule has 7 rings (SSSR count). The summed E-state index contributed by atoms with van der Waals surface area (Å²) in [4.78, 5) is 46.5. The minimum atomic E-state index is -1.67. The number of hydrogen-bond donors (Lipinski definition) is 4. The monoisotopic (exact) mass is 697 g/mol. The van der Waals surface area contributed by atoms with Gasteiger partial charge in [-0.2, -0.15) is 0 Å². The number of aliphatic hydroxyl groups is 2. The second-order valence-electron chi connectivity index (χ2n) is 12.9. The molecule has 0 radical (unpaired) electrons. The van der Waals surface area contributed by atoms with Gasteiger partial charge in [-0.05, 0) is 52.6 Å². The van der Waals surface area contributed by atoms with E-state index in [1.807, 2.05) is 71.6 Å². The van der Waals surface area contributed by atoms with Gasteiger partial charge in [0.15, 0.2) is 0 Å². The number of benzene rings is 4. The van der Waals surface area contributed by atoms with Crippen molar-refractivity contribution in [2.75, 3.05) is 31.7 Å². The van der Waals surface area contributed by atoms with E-state index in [2.05, 4.69) is 29.1 Å². The fourth-order valence-electron chi connectivity index (χ4n) is 8.11. The maximum absolute atomic E-state index is 15.1. The third-order valence-electron chi connectivity index (χ3n) is 10.0. The first-order valence-electron chi connectivity index (χ1n) is 17.3. The molecule has 3 aliphatic heterocycles. The van der Waals surface area contributed by atoms with Crippen LogP contribution in [0.2, 0.25) is 0 Å². The number of morpholine rings is 1. The minimum Gasteiger partial charge on any atom is -0.491 e. The van der Waals surface area contributed by atoms with Gasteiger partial charge in [0.25, 0.3) is 0 Å². The summed E-state index contributed by atoms with van der Waals surface area (Å²) < 4.78 is 12.3. The van der Waals surface area contributed by atoms with Gasteiger partial charge < -0.3 is 30.3 Å². The Morgan fingerprint density at radius 1 is 0.923 bits per heavy atom. The topological polar surface area (TPSA) is 137 Å². The molecular formula is C42H39N3O7. The van der Waals surface area contributed by atoms with E-state index in [4.69, 9.17) is 9.47 Å². The number of anilines is 1. The predicted octanol–water partition coefficient (Wildman–Crippen LogP) is 4.36. The van der Waals surface area contributed by atoms with Crippen LogP contribution in [0.25, 0.3) is 0 Å². The van der Waals surface area contributed by atoms with Crippen molar-refractivity contribution in [1.29, 1.82) is 0 Å². The molecule has 1 spiro atoms. The Labute approximate surface area is 302 Å². The van der Waals surface area contributed by atoms with E-state index in [9.17, 15) is 19.8 Å². The summed E-state index contributed by atoms with van der Waals surface area (Å²) in [6.45, 7) is 3.63. The lowest BCUT2D eigenvalue weighted by Crippen LogP contribution is -2.54. The van der Waals surface area contributed by atoms with Gasteiger partial charge in [-0.25, -0.2) is 0 Å². The fraction of sp³-hybridized carbons (Fsp3) is 0.262. The number of amides is 2. The van der Waals surface area contributed by atoms with Crippen molar-refractivity contribution in [3.05, 3.63) is 144 Å². The molecule has 2 fully saturated rings. The Morgan fingerprint density at radius 2 is 1.65 bits per heavy atom. The second-order valence-corrected chi connectivity index (χ2v) is 12.9. The van der Waals surface area contributed by atoms with Gasteiger partial charge in [0, 0.05) is 24.2 Å². The molecule has 2 amide bonds. The van der Waals surface area contributed by atoms with Crippen LogP contribution in [0.1, 0.15) is 52.4 Å². The zero-order valence-corrected chi connectivity index (χ0v) is 28.4. The largest absolute Gasteiger partial charge is 0.491 e. The molecule has 6 atom stereocenters. The van der Waals surface area contributed by atoms with Crippen LogP contribution in [0.15, 0.2) is 116 Å². The molecule has 264 valence electrons. The number of carbonyl (C=O) groups excluding carboxylic acids is 3. The van der Waals surface area contributed by atoms with Crippen molar-refractivity contribution in [2.45, 2.75) is 36.1 Å². The third-order valence-corrected chi connectivity index (χ3v) is 10.0. The van der Waals surface area contributed by atoms with Crippen LogP contribution in [0.3, 0.4) is 0 Å². The summed E-state index contributed by atoms with van der Waals surface area (Å²) in [6, 6.07) is 28.9. The van der Waals surface area contributed by atoms with Crippen molar-refractivity contribution in [3.63, 3.8) is 0 Å². The molecule has 0 bridgehead atoms. The third kappa shape index (κ3) is 5.93. The van der Waals surface area contributed by atoms with Gasteiger partial charge in [-0.15, -0.1) is 6.58 Å². The molecule has 52 heavy (non-hydrogen) atoms. The summed E-state index contributed by atoms with van der Waals surface area (Å²) in [5, 5.41) is 24.9. The smallest absolute Gasteiger partial charge is 0.324 e. The van der Waals surface area contributed by atoms with Crippen molar-refractivity contribution < 1.29 is 34.1 Å². The highest BCUT2D eigenvalue weighted by atomic mass is 16.6. The zero-order chi connectivity index (χ0) is 36.2. The molecule has 4 aromatic carbocycles. The van der Waals surface area contributed by atoms with E-state index < -0.39 is 53.3 Å². The first kappa shape index (κ1) is 34.7. The van der Waals surface area contributed by atoms with Crippen LogP contribution >= 0.6 is 0 Å². The number of rotatable bonds is 10. The molecule has 4 N–H and O–H groups in total. The van der Waals surface area contributed by atoms with E-state index >= 15 is 4.79 Å². The Balaban J connectivity index is 1.55. The maximum atomic E-state index is 15.1. The van der Waals surface area contributed by atoms with E-state index in [1.165, 1.54) is 0 Å². The molecule has 4 aromatic rings. The quantitative estimate of drug-likeness (QED) is 0.109. The summed E-state index contributed by atoms with van der Waals surface area (Å²) in [5.41, 5.74) is 2.14. The molecule has 10 nitrogen and oxygen atoms in total. The molecule has 0 aromatic heterocycles. The molecular weight excluding hydrogens is 658 g/mol. The van der Waals surface area contributed by atoms with E-state index in [0.29, 0.717) is 28.1 Å². The standard InChI is InChI=1S/C42H39N3O7/c1-2-21-43-39(48)34-36-40(49)52-37(29-15-7-4-8-16-29)35(28-13-5-3-6-14-28)45(36)38(30-17-11-18-31(26-30)51-24-23-47)42(34)32-25-27(12-9-10-22-46)19-20-33(32)44-41(42)50/h2-8,11,13-20,25-26,34-38,46-47H,1,10,21-24H2,(H,43,48)(H,44,50)/t34-,35-,36-,37+,38+,42-/m0/s1. The Bertz CT molecular complexity index is 2040. The van der Waals surface area contributed by atoms with Crippen LogP contribution in [-0.4, -0.2) is 65.3 Å². The van der Waals surface area contributed by atoms with Crippen LogP contribution in [-0.2, 0) is 24.5 Å². The number of cyclic esters (lactones) is 1. The van der Waals surface area contributed by atoms with Gasteiger partial charge in [-0.3, -0.25) is 19.3 Å². The summed E-state index contributed by atoms with van der Waals surface area (Å²) >= 11 is 0. The number of nitrogens with zero attached hydrogens (tertiary/aromatic N) is 1. The van der Waals surface area contributed by atoms with Crippen LogP contribution in [0, 0.1) is 17.8 Å². The molecule has 0 aliphatic carbocycles. The zero-order valence-electron chi connectivity index (χ0n) is 28.4. The highest BCUT2D eigenvalue weighted by Crippen LogP contribution is 2.64. The Morgan fingerprint density at radius 3 is 2.37 bits per heavy atom. The van der Waals surface area contributed by atoms with Gasteiger partial charge >= 0.3 is 5.97 Å². The molecule has 3 aliphatic rings. The van der Waals surface area contributed by atoms with Crippen molar-refractivity contribution >= 4 is 23.5 Å².